The van der Waals surface area contributed by atoms with Crippen LogP contribution < -0.4 is 16.1 Å². The maximum atomic E-state index is 12.3. The Bertz CT molecular complexity index is 483. The van der Waals surface area contributed by atoms with Gasteiger partial charge >= 0.3 is 13.8 Å². The molecule has 1 aromatic rings. The molecule has 1 rings (SSSR count). The number of rotatable bonds is 2. The van der Waals surface area contributed by atoms with E-state index in [1.54, 1.807) is 5.09 Å². The third kappa shape index (κ3) is 4.18. The van der Waals surface area contributed by atoms with Crippen LogP contribution in [0.15, 0.2) is 24.3 Å². The van der Waals surface area contributed by atoms with E-state index in [0.717, 1.165) is 18.2 Å². The summed E-state index contributed by atoms with van der Waals surface area (Å²) in [6, 6.07) is 3.60. The molecule has 0 fully saturated rings. The summed E-state index contributed by atoms with van der Waals surface area (Å²) in [5, 5.41) is 1.72. The number of carbonyl (C=O) groups excluding carboxylic acids is 1. The molecule has 0 aliphatic heterocycles. The molecule has 0 aromatic heterocycles. The van der Waals surface area contributed by atoms with Gasteiger partial charge < -0.3 is 0 Å². The van der Waals surface area contributed by atoms with Crippen molar-refractivity contribution in [1.29, 1.82) is 0 Å². The third-order valence-corrected chi connectivity index (χ3v) is 2.28. The van der Waals surface area contributed by atoms with Gasteiger partial charge in [0.15, 0.2) is 0 Å². The number of amides is 1. The van der Waals surface area contributed by atoms with E-state index in [4.69, 9.17) is 11.0 Å². The number of nitrogens with two attached hydrogens (primary N) is 2. The molecule has 94 valence electrons. The van der Waals surface area contributed by atoms with Crippen LogP contribution in [0.3, 0.4) is 0 Å². The van der Waals surface area contributed by atoms with Gasteiger partial charge in [0, 0.05) is 5.56 Å². The highest BCUT2D eigenvalue weighted by Crippen LogP contribution is 2.30. The van der Waals surface area contributed by atoms with Crippen molar-refractivity contribution in [3.05, 3.63) is 35.4 Å². The second-order valence-electron chi connectivity index (χ2n) is 3.23. The number of carbonyl (C=O) groups is 1. The fourth-order valence-electron chi connectivity index (χ4n) is 1.06. The molecule has 17 heavy (non-hydrogen) atoms. The largest absolute Gasteiger partial charge is 0.416 e. The maximum Gasteiger partial charge on any atom is 0.416 e. The highest BCUT2D eigenvalue weighted by molar-refractivity contribution is 7.57. The minimum atomic E-state index is -4.56. The molecule has 0 aliphatic carbocycles. The van der Waals surface area contributed by atoms with Crippen LogP contribution in [0.4, 0.5) is 13.2 Å². The Hall–Kier alpha value is -1.37. The number of hydrogen-bond donors (Lipinski definition) is 3. The van der Waals surface area contributed by atoms with Gasteiger partial charge in [0.2, 0.25) is 0 Å². The molecule has 0 saturated heterocycles. The Morgan fingerprint density at radius 2 is 1.88 bits per heavy atom. The van der Waals surface area contributed by atoms with E-state index in [9.17, 15) is 22.5 Å². The van der Waals surface area contributed by atoms with Crippen molar-refractivity contribution in [2.75, 3.05) is 0 Å². The SMILES string of the molecule is NP(N)(=O)NC(=O)c1cccc(C(F)(F)F)c1. The Balaban J connectivity index is 3.01. The molecule has 1 aromatic carbocycles. The van der Waals surface area contributed by atoms with Crippen molar-refractivity contribution in [3.63, 3.8) is 0 Å². The molecule has 0 bridgehead atoms. The Kier molecular flexibility index (Phi) is 3.61. The minimum absolute atomic E-state index is 0.323. The van der Waals surface area contributed by atoms with Crippen molar-refractivity contribution in [2.45, 2.75) is 6.18 Å². The molecule has 0 saturated carbocycles. The lowest BCUT2D eigenvalue weighted by molar-refractivity contribution is -0.137. The lowest BCUT2D eigenvalue weighted by atomic mass is 10.1. The number of nitrogens with one attached hydrogen (secondary N) is 1. The fraction of sp³-hybridized carbons (Fsp3) is 0.125. The molecular formula is C8H9F3N3O2P. The average molecular weight is 267 g/mol. The van der Waals surface area contributed by atoms with E-state index in [0.29, 0.717) is 6.07 Å². The van der Waals surface area contributed by atoms with Crippen LogP contribution in [0.25, 0.3) is 0 Å². The van der Waals surface area contributed by atoms with Gasteiger partial charge in [0.05, 0.1) is 5.56 Å². The molecule has 0 spiro atoms. The number of hydrogen-bond acceptors (Lipinski definition) is 2. The zero-order chi connectivity index (χ0) is 13.3. The van der Waals surface area contributed by atoms with Gasteiger partial charge in [-0.1, -0.05) is 6.07 Å². The maximum absolute atomic E-state index is 12.3. The molecule has 0 atom stereocenters. The summed E-state index contributed by atoms with van der Waals surface area (Å²) < 4.78 is 47.9. The summed E-state index contributed by atoms with van der Waals surface area (Å²) in [6.07, 6.45) is -4.56. The van der Waals surface area contributed by atoms with E-state index in [1.807, 2.05) is 0 Å². The lowest BCUT2D eigenvalue weighted by Crippen LogP contribution is -2.28. The van der Waals surface area contributed by atoms with E-state index in [2.05, 4.69) is 0 Å². The lowest BCUT2D eigenvalue weighted by Gasteiger charge is -2.10. The van der Waals surface area contributed by atoms with E-state index >= 15 is 0 Å². The first-order valence-corrected chi connectivity index (χ1v) is 6.11. The molecule has 5 N–H and O–H groups in total. The molecule has 1 amide bonds. The summed E-state index contributed by atoms with van der Waals surface area (Å²) in [5.41, 5.74) is 8.44. The second-order valence-corrected chi connectivity index (χ2v) is 4.87. The topological polar surface area (TPSA) is 98.2 Å². The van der Waals surface area contributed by atoms with Crippen molar-refractivity contribution in [3.8, 4) is 0 Å². The summed E-state index contributed by atoms with van der Waals surface area (Å²) >= 11 is 0. The molecular weight excluding hydrogens is 258 g/mol. The van der Waals surface area contributed by atoms with E-state index in [-0.39, 0.29) is 5.56 Å². The van der Waals surface area contributed by atoms with E-state index < -0.39 is 25.2 Å². The van der Waals surface area contributed by atoms with Crippen LogP contribution in [0.1, 0.15) is 15.9 Å². The molecule has 9 heteroatoms. The van der Waals surface area contributed by atoms with Crippen molar-refractivity contribution in [2.24, 2.45) is 11.0 Å². The molecule has 0 heterocycles. The predicted octanol–water partition coefficient (Wildman–Crippen LogP) is 1.46. The van der Waals surface area contributed by atoms with Crippen molar-refractivity contribution < 1.29 is 22.5 Å². The molecule has 5 nitrogen and oxygen atoms in total. The zero-order valence-electron chi connectivity index (χ0n) is 8.36. The van der Waals surface area contributed by atoms with Crippen molar-refractivity contribution >= 4 is 13.5 Å². The smallest absolute Gasteiger partial charge is 0.279 e. The first-order valence-electron chi connectivity index (χ1n) is 4.27. The Labute approximate surface area is 94.5 Å². The van der Waals surface area contributed by atoms with Crippen LogP contribution in [-0.2, 0) is 10.7 Å². The van der Waals surface area contributed by atoms with Gasteiger partial charge in [-0.25, -0.2) is 0 Å². The summed E-state index contributed by atoms with van der Waals surface area (Å²) in [6.45, 7) is 0. The van der Waals surface area contributed by atoms with Crippen molar-refractivity contribution in [1.82, 2.24) is 5.09 Å². The van der Waals surface area contributed by atoms with Crippen LogP contribution >= 0.6 is 7.59 Å². The monoisotopic (exact) mass is 267 g/mol. The standard InChI is InChI=1S/C8H9F3N3O2P/c9-8(10,11)6-3-1-2-5(4-6)7(15)14-17(12,13)16/h1-4H,(H5,12,13,14,15,16). The van der Waals surface area contributed by atoms with Gasteiger partial charge in [-0.2, -0.15) is 13.2 Å². The number of alkyl halides is 3. The van der Waals surface area contributed by atoms with E-state index in [1.165, 1.54) is 0 Å². The summed E-state index contributed by atoms with van der Waals surface area (Å²) in [5.74, 6) is -1.02. The van der Waals surface area contributed by atoms with Gasteiger partial charge in [-0.3, -0.25) is 25.5 Å². The summed E-state index contributed by atoms with van der Waals surface area (Å²) in [7, 11) is -3.82. The van der Waals surface area contributed by atoms with Crippen LogP contribution in [0, 0.1) is 0 Å². The molecule has 0 unspecified atom stereocenters. The Morgan fingerprint density at radius 1 is 1.29 bits per heavy atom. The Morgan fingerprint density at radius 3 is 2.35 bits per heavy atom. The van der Waals surface area contributed by atoms with Crippen LogP contribution in [-0.4, -0.2) is 5.91 Å². The summed E-state index contributed by atoms with van der Waals surface area (Å²) in [4.78, 5) is 11.3. The normalized spacial score (nSPS) is 12.3. The second kappa shape index (κ2) is 4.48. The minimum Gasteiger partial charge on any atom is -0.279 e. The average Bonchev–Trinajstić information content (AvgIpc) is 2.14. The van der Waals surface area contributed by atoms with Gasteiger partial charge in [0.25, 0.3) is 5.91 Å². The number of benzene rings is 1. The first-order chi connectivity index (χ1) is 7.59. The fourth-order valence-corrected chi connectivity index (χ4v) is 1.51. The van der Waals surface area contributed by atoms with Crippen LogP contribution in [0.5, 0.6) is 0 Å². The molecule has 0 radical (unpaired) electrons. The van der Waals surface area contributed by atoms with Crippen LogP contribution in [0.2, 0.25) is 0 Å². The molecule has 0 aliphatic rings. The highest BCUT2D eigenvalue weighted by atomic mass is 31.2. The predicted molar refractivity (Wildman–Crippen MR) is 54.9 cm³/mol. The zero-order valence-corrected chi connectivity index (χ0v) is 9.26. The number of halogens is 3. The van der Waals surface area contributed by atoms with Gasteiger partial charge in [-0.15, -0.1) is 0 Å². The third-order valence-electron chi connectivity index (χ3n) is 1.73. The highest BCUT2D eigenvalue weighted by Gasteiger charge is 2.31. The first kappa shape index (κ1) is 13.7. The quantitative estimate of drug-likeness (QED) is 0.706. The van der Waals surface area contributed by atoms with Gasteiger partial charge in [-0.05, 0) is 18.2 Å². The van der Waals surface area contributed by atoms with Gasteiger partial charge in [0.1, 0.15) is 0 Å².